The highest BCUT2D eigenvalue weighted by atomic mass is 19.1. The lowest BCUT2D eigenvalue weighted by molar-refractivity contribution is -0.136. The summed E-state index contributed by atoms with van der Waals surface area (Å²) >= 11 is 0. The van der Waals surface area contributed by atoms with Crippen molar-refractivity contribution in [2.45, 2.75) is 57.7 Å². The number of benzene rings is 3. The van der Waals surface area contributed by atoms with Gasteiger partial charge in [-0.1, -0.05) is 35.5 Å². The molecule has 5 aromatic rings. The Hall–Kier alpha value is -6.34. The quantitative estimate of drug-likeness (QED) is 0.0579. The van der Waals surface area contributed by atoms with Crippen molar-refractivity contribution in [3.63, 3.8) is 0 Å². The first-order valence-electron chi connectivity index (χ1n) is 21.8. The summed E-state index contributed by atoms with van der Waals surface area (Å²) in [5, 5.41) is 17.6. The number of carbonyl (C=O) groups excluding carboxylic acids is 5. The number of unbranched alkanes of at least 4 members (excludes halogenated alkanes) is 1. The van der Waals surface area contributed by atoms with Crippen LogP contribution in [0.3, 0.4) is 0 Å². The van der Waals surface area contributed by atoms with Gasteiger partial charge in [-0.25, -0.2) is 9.07 Å². The molecule has 1 fully saturated rings. The first kappa shape index (κ1) is 44.3. The average Bonchev–Trinajstić information content (AvgIpc) is 3.93. The number of ether oxygens (including phenoxy) is 3. The van der Waals surface area contributed by atoms with E-state index in [1.807, 2.05) is 6.20 Å². The van der Waals surface area contributed by atoms with Gasteiger partial charge in [0.25, 0.3) is 17.7 Å². The minimum absolute atomic E-state index is 0.0616. The van der Waals surface area contributed by atoms with E-state index < -0.39 is 35.5 Å². The molecule has 64 heavy (non-hydrogen) atoms. The molecule has 3 aromatic carbocycles. The van der Waals surface area contributed by atoms with E-state index in [0.29, 0.717) is 82.5 Å². The van der Waals surface area contributed by atoms with E-state index in [4.69, 9.17) is 14.2 Å². The highest BCUT2D eigenvalue weighted by Gasteiger charge is 2.45. The number of hydrogen-bond donors (Lipinski definition) is 4. The fourth-order valence-electron chi connectivity index (χ4n) is 8.48. The number of carbonyl (C=O) groups is 5. The predicted octanol–water partition coefficient (Wildman–Crippen LogP) is 3.87. The summed E-state index contributed by atoms with van der Waals surface area (Å²) in [6.45, 7) is 5.63. The maximum absolute atomic E-state index is 14.3. The molecule has 0 aliphatic carbocycles. The zero-order valence-corrected chi connectivity index (χ0v) is 35.8. The number of halogens is 1. The Balaban J connectivity index is 0.653. The summed E-state index contributed by atoms with van der Waals surface area (Å²) in [5.41, 5.74) is 7.04. The minimum atomic E-state index is -1.02. The van der Waals surface area contributed by atoms with Crippen molar-refractivity contribution in [1.29, 1.82) is 0 Å². The number of H-pyrrole nitrogens is 1. The number of rotatable bonds is 22. The van der Waals surface area contributed by atoms with Crippen molar-refractivity contribution in [2.24, 2.45) is 0 Å². The van der Waals surface area contributed by atoms with Gasteiger partial charge < -0.3 is 34.7 Å². The maximum atomic E-state index is 14.3. The SMILES string of the molecule is CN(CCCCc1cn(CCOCCOCCOCCNc2cccc3c2C(=O)N(C2CCC(=O)NC2=O)C3=O)nn1)Cc1ccc(-c2[nH]c3cc(F)cc4c3c2CCNC4=O)cc1. The van der Waals surface area contributed by atoms with Crippen molar-refractivity contribution in [2.75, 3.05) is 71.6 Å². The fraction of sp³-hybridized carbons (Fsp3) is 0.413. The second kappa shape index (κ2) is 20.4. The number of nitrogens with zero attached hydrogens (tertiary/aromatic N) is 5. The van der Waals surface area contributed by atoms with Crippen molar-refractivity contribution < 1.29 is 42.6 Å². The van der Waals surface area contributed by atoms with Crippen molar-refractivity contribution in [3.8, 4) is 11.3 Å². The van der Waals surface area contributed by atoms with Gasteiger partial charge in [0.2, 0.25) is 11.8 Å². The molecule has 3 aliphatic heterocycles. The van der Waals surface area contributed by atoms with Gasteiger partial charge in [-0.05, 0) is 86.7 Å². The minimum Gasteiger partial charge on any atom is -0.382 e. The van der Waals surface area contributed by atoms with Crippen LogP contribution in [0.2, 0.25) is 0 Å². The smallest absolute Gasteiger partial charge is 0.264 e. The number of fused-ring (bicyclic) bond motifs is 1. The molecule has 5 heterocycles. The molecule has 5 amide bonds. The van der Waals surface area contributed by atoms with Crippen LogP contribution in [-0.4, -0.2) is 132 Å². The largest absolute Gasteiger partial charge is 0.382 e. The van der Waals surface area contributed by atoms with Crippen LogP contribution in [0.25, 0.3) is 22.2 Å². The molecule has 8 rings (SSSR count). The standard InChI is InChI=1S/C46H52FN9O8/c1-54(27-29-8-10-30(11-9-29)42-33-14-15-49-43(58)35-25-31(47)26-37(50-42)40(33)35)17-3-2-5-32-28-55(53-52-32)18-20-63-22-24-64-23-21-62-19-16-48-36-7-4-6-34-41(36)46(61)56(45(34)60)38-12-13-39(57)51-44(38)59/h4,6-11,25-26,28,38,48,50H,2-3,5,12-24,27H2,1H3,(H,49,58)(H,51,57,59). The Labute approximate surface area is 369 Å². The highest BCUT2D eigenvalue weighted by Crippen LogP contribution is 2.35. The molecular formula is C46H52FN9O8. The molecule has 3 aliphatic rings. The van der Waals surface area contributed by atoms with Gasteiger partial charge in [0.15, 0.2) is 0 Å². The van der Waals surface area contributed by atoms with Gasteiger partial charge in [0.05, 0.1) is 68.6 Å². The molecule has 17 nitrogen and oxygen atoms in total. The molecule has 1 unspecified atom stereocenters. The van der Waals surface area contributed by atoms with Crippen LogP contribution < -0.4 is 16.0 Å². The van der Waals surface area contributed by atoms with Gasteiger partial charge in [0, 0.05) is 54.5 Å². The predicted molar refractivity (Wildman–Crippen MR) is 233 cm³/mol. The molecule has 336 valence electrons. The van der Waals surface area contributed by atoms with E-state index in [1.54, 1.807) is 22.9 Å². The Kier molecular flexibility index (Phi) is 14.1. The molecule has 0 bridgehead atoms. The summed E-state index contributed by atoms with van der Waals surface area (Å²) in [6.07, 6.45) is 5.65. The van der Waals surface area contributed by atoms with E-state index in [-0.39, 0.29) is 29.9 Å². The number of aryl methyl sites for hydroxylation is 1. The van der Waals surface area contributed by atoms with E-state index in [1.165, 1.54) is 17.7 Å². The van der Waals surface area contributed by atoms with Crippen molar-refractivity contribution in [3.05, 3.63) is 100 Å². The number of nitrogens with one attached hydrogen (secondary N) is 4. The van der Waals surface area contributed by atoms with Gasteiger partial charge in [-0.15, -0.1) is 5.10 Å². The number of aromatic amines is 1. The molecule has 18 heteroatoms. The molecule has 1 saturated heterocycles. The third kappa shape index (κ3) is 10.2. The third-order valence-electron chi connectivity index (χ3n) is 11.6. The summed E-state index contributed by atoms with van der Waals surface area (Å²) < 4.78 is 33.1. The summed E-state index contributed by atoms with van der Waals surface area (Å²) in [5.74, 6) is -2.85. The van der Waals surface area contributed by atoms with E-state index >= 15 is 0 Å². The van der Waals surface area contributed by atoms with Gasteiger partial charge in [0.1, 0.15) is 11.9 Å². The van der Waals surface area contributed by atoms with Crippen LogP contribution >= 0.6 is 0 Å². The first-order valence-corrected chi connectivity index (χ1v) is 21.8. The Morgan fingerprint density at radius 1 is 0.891 bits per heavy atom. The van der Waals surface area contributed by atoms with Crippen LogP contribution in [0.5, 0.6) is 0 Å². The van der Waals surface area contributed by atoms with Crippen molar-refractivity contribution >= 4 is 46.1 Å². The number of amides is 5. The number of hydrogen-bond acceptors (Lipinski definition) is 12. The van der Waals surface area contributed by atoms with Crippen LogP contribution in [-0.2, 0) is 49.7 Å². The van der Waals surface area contributed by atoms with Gasteiger partial charge in [-0.3, -0.25) is 34.2 Å². The first-order chi connectivity index (χ1) is 31.1. The lowest BCUT2D eigenvalue weighted by Crippen LogP contribution is -2.54. The van der Waals surface area contributed by atoms with E-state index in [9.17, 15) is 28.4 Å². The Morgan fingerprint density at radius 3 is 2.47 bits per heavy atom. The van der Waals surface area contributed by atoms with Crippen LogP contribution in [0.4, 0.5) is 10.1 Å². The zero-order chi connectivity index (χ0) is 44.6. The van der Waals surface area contributed by atoms with Crippen molar-refractivity contribution in [1.82, 2.24) is 40.4 Å². The van der Waals surface area contributed by atoms with Crippen LogP contribution in [0, 0.1) is 5.82 Å². The van der Waals surface area contributed by atoms with E-state index in [2.05, 4.69) is 67.5 Å². The molecule has 2 aromatic heterocycles. The molecule has 0 spiro atoms. The van der Waals surface area contributed by atoms with Crippen LogP contribution in [0.1, 0.15) is 73.6 Å². The lowest BCUT2D eigenvalue weighted by atomic mass is 9.99. The second-order valence-electron chi connectivity index (χ2n) is 16.2. The summed E-state index contributed by atoms with van der Waals surface area (Å²) in [7, 11) is 2.12. The zero-order valence-electron chi connectivity index (χ0n) is 35.8. The van der Waals surface area contributed by atoms with E-state index in [0.717, 1.165) is 65.2 Å². The monoisotopic (exact) mass is 877 g/mol. The van der Waals surface area contributed by atoms with Gasteiger partial charge in [-0.2, -0.15) is 0 Å². The molecule has 0 radical (unpaired) electrons. The van der Waals surface area contributed by atoms with Crippen LogP contribution in [0.15, 0.2) is 60.8 Å². The molecular weight excluding hydrogens is 826 g/mol. The number of anilines is 1. The average molecular weight is 878 g/mol. The Bertz CT molecular complexity index is 2520. The summed E-state index contributed by atoms with van der Waals surface area (Å²) in [4.78, 5) is 69.3. The maximum Gasteiger partial charge on any atom is 0.264 e. The molecule has 0 saturated carbocycles. The highest BCUT2D eigenvalue weighted by molar-refractivity contribution is 6.25. The number of imide groups is 2. The Morgan fingerprint density at radius 2 is 1.67 bits per heavy atom. The second-order valence-corrected chi connectivity index (χ2v) is 16.2. The van der Waals surface area contributed by atoms with Gasteiger partial charge >= 0.3 is 0 Å². The summed E-state index contributed by atoms with van der Waals surface area (Å²) in [6, 6.07) is 15.1. The topological polar surface area (TPSA) is 202 Å². The third-order valence-corrected chi connectivity index (χ3v) is 11.6. The number of aromatic nitrogens is 4. The molecule has 1 atom stereocenters. The fourth-order valence-corrected chi connectivity index (χ4v) is 8.48. The number of piperidine rings is 1. The lowest BCUT2D eigenvalue weighted by Gasteiger charge is -2.27. The normalized spacial score (nSPS) is 16.1. The molecule has 4 N–H and O–H groups in total.